The number of carbonyl (C=O) groups excluding carboxylic acids is 9. The average Bonchev–Trinajstić information content (AvgIpc) is 1.59. The maximum absolute atomic E-state index is 14.3. The molecule has 783 valence electrons. The Kier molecular flexibility index (Phi) is 37.4. The van der Waals surface area contributed by atoms with E-state index in [2.05, 4.69) is 64.7 Å². The largest absolute Gasteiger partial charge is 0.540 e. The first kappa shape index (κ1) is 111. The van der Waals surface area contributed by atoms with Crippen molar-refractivity contribution in [3.63, 3.8) is 0 Å². The number of alkyl carbamates (subject to hydrolysis) is 3. The van der Waals surface area contributed by atoms with Crippen molar-refractivity contribution in [1.29, 1.82) is 0 Å². The summed E-state index contributed by atoms with van der Waals surface area (Å²) in [6.45, 7) is 23.9. The summed E-state index contributed by atoms with van der Waals surface area (Å²) in [5, 5.41) is 8.58. The zero-order valence-corrected chi connectivity index (χ0v) is 89.8. The molecule has 4 aliphatic carbocycles. The quantitative estimate of drug-likeness (QED) is 0.0713. The molecular weight excluding hydrogens is 1990 g/mol. The molecule has 36 nitrogen and oxygen atoms in total. The number of aromatic nitrogens is 12. The van der Waals surface area contributed by atoms with Crippen LogP contribution in [0.5, 0.6) is 34.9 Å². The van der Waals surface area contributed by atoms with Crippen LogP contribution in [0.2, 0.25) is 0 Å². The number of fused-ring (bicyclic) bond motifs is 17. The Bertz CT molecular complexity index is 6090. The normalized spacial score (nSPS) is 27.6. The van der Waals surface area contributed by atoms with Crippen molar-refractivity contribution in [2.75, 3.05) is 19.6 Å². The molecule has 3 N–H and O–H groups in total. The van der Waals surface area contributed by atoms with Crippen LogP contribution in [0.1, 0.15) is 241 Å². The van der Waals surface area contributed by atoms with Crippen LogP contribution in [0.25, 0.3) is 33.1 Å². The fourth-order valence-electron chi connectivity index (χ4n) is 21.6. The monoisotopic (exact) mass is 2120 g/mol. The summed E-state index contributed by atoms with van der Waals surface area (Å²) in [5.74, 6) is 2.97. The molecule has 6 aliphatic heterocycles. The fraction of sp³-hybridized carbons (Fsp3) is 0.583. The van der Waals surface area contributed by atoms with Crippen molar-refractivity contribution in [3.8, 4) is 34.9 Å². The van der Waals surface area contributed by atoms with E-state index in [1.54, 1.807) is 55.8 Å². The topological polar surface area (TPSA) is 437 Å². The third-order valence-electron chi connectivity index (χ3n) is 30.0. The Morgan fingerprint density at radius 1 is 0.374 bits per heavy atom. The van der Waals surface area contributed by atoms with Crippen LogP contribution in [0.15, 0.2) is 110 Å². The molecule has 9 aromatic rings. The SMILES string of the molecule is CC[C@@H]1[C@@H]2CN(C(=O)[C@H](C(C)(C)C)NC(=O)O[C@@H]3CC4CC4[C@H]3CCCCCc3nc4ccc(OCc5cnccn5)cc4nc3O2)[C@@H]1[C-]=O.C[C@@H]1[C@@H]2CN(C(=O)[C@H](C(C)(C)C)NC(=O)O[C@@H]3CCC[C@H]3CCCCCc3nc4ccc(OCc5cnccn5)cc4nc3O2)[C@@H]1[C-]=O.C[C@@H]1[C@@H]2CN(C(=O)[C@H](C(C)(C)C)NC(=O)O[C@@H]3C[C@H]3CCCCCc3nc4ccc(OCc5cnccn5)cc4nc3O2)[C@@H]1[C-]=O.[HH].[V].[V].[V]. The standard InChI is InChI=1S/C38H47N6O6.C36H45N6O6.C34H41N6O6.3V.H2/c1-5-25-31(20-45)44-19-33(25)49-35-29(41-28-12-11-24(17-30(28)42-35)48-21-23-18-39-13-14-40-23)10-8-6-7-9-26-27-15-22(27)16-32(26)50-37(47)43-34(36(44)46)38(2,3)4;1-22-29(20-43)42-19-31(22)47-33-27(39-26-14-13-25(17-28(26)40-33)46-21-24-18-37-15-16-38-24)11-7-5-6-9-23-10-8-12-30(23)48-35(45)41-32(34(42)44)36(2,3)4;1-20-27(18-41)40-17-29(20)45-31-25(37-24-11-10-23(15-26(24)38-31)44-19-22-16-35-12-13-36-22)9-7-5-6-8-21-14-28(21)46-33(43)39-30(32(40)42)34(2,3)4;;;;/h11-14,17-18,22,25-27,31-34H,5-10,15-16,19,21H2,1-4H3,(H,43,47);13-18,22-23,29-32H,5-12,19,21H2,1-4H3,(H,41,45);10-13,15-16,20-21,27-30H,5-9,14,17,19H2,1-4H3,(H,39,43);;;;1H/q3*-1;;;;/t22?,25-,26+,27?,31+,32+,33-,34+;22-,23+,29+,30+,31-,32+;20-,21+,27+,28+,29-,30+;;;;/m000..../s1. The van der Waals surface area contributed by atoms with E-state index < -0.39 is 89.1 Å². The van der Waals surface area contributed by atoms with Crippen LogP contribution in [0, 0.1) is 63.6 Å². The summed E-state index contributed by atoms with van der Waals surface area (Å²) >= 11 is 0. The van der Waals surface area contributed by atoms with Crippen LogP contribution in [-0.4, -0.2) is 222 Å². The third kappa shape index (κ3) is 27.3. The Balaban J connectivity index is 0.000000183. The first-order valence-corrected chi connectivity index (χ1v) is 51.3. The average molecular weight is 2130 g/mol. The number of hydrogen-bond donors (Lipinski definition) is 3. The second-order valence-electron chi connectivity index (χ2n) is 43.5. The zero-order chi connectivity index (χ0) is 101. The number of rotatable bonds is 13. The number of amides is 6. The summed E-state index contributed by atoms with van der Waals surface area (Å²) in [7, 11) is 0. The third-order valence-corrected chi connectivity index (χ3v) is 30.0. The van der Waals surface area contributed by atoms with Gasteiger partial charge in [0.2, 0.25) is 35.4 Å². The Morgan fingerprint density at radius 3 is 1.12 bits per heavy atom. The molecular formula is C108H135N18O18V3-3. The van der Waals surface area contributed by atoms with Gasteiger partial charge in [-0.2, -0.15) is 0 Å². The molecule has 20 atom stereocenters. The number of nitrogens with one attached hydrogen (secondary N) is 3. The minimum absolute atomic E-state index is 0. The van der Waals surface area contributed by atoms with Gasteiger partial charge in [-0.15, -0.1) is 0 Å². The zero-order valence-electron chi connectivity index (χ0n) is 85.6. The van der Waals surface area contributed by atoms with E-state index in [0.29, 0.717) is 123 Å². The number of carbonyl (C=O) groups is 6. The molecule has 39 heteroatoms. The molecule has 3 radical (unpaired) electrons. The van der Waals surface area contributed by atoms with Gasteiger partial charge in [0.05, 0.1) is 88.4 Å². The van der Waals surface area contributed by atoms with E-state index in [1.165, 1.54) is 21.1 Å². The van der Waals surface area contributed by atoms with Crippen molar-refractivity contribution in [2.45, 2.75) is 317 Å². The molecule has 3 saturated heterocycles. The summed E-state index contributed by atoms with van der Waals surface area (Å²) in [5.41, 5.74) is 6.38. The van der Waals surface area contributed by atoms with Gasteiger partial charge in [-0.1, -0.05) is 146 Å². The molecule has 0 spiro atoms. The van der Waals surface area contributed by atoms with Crippen LogP contribution in [0.3, 0.4) is 0 Å². The number of ether oxygens (including phenoxy) is 9. The van der Waals surface area contributed by atoms with E-state index in [4.69, 9.17) is 72.5 Å². The maximum Gasteiger partial charge on any atom is 0.408 e. The van der Waals surface area contributed by atoms with Crippen molar-refractivity contribution in [3.05, 3.63) is 145 Å². The molecule has 6 bridgehead atoms. The molecule has 12 heterocycles. The van der Waals surface area contributed by atoms with Crippen LogP contribution in [-0.2, 0) is 138 Å². The summed E-state index contributed by atoms with van der Waals surface area (Å²) in [4.78, 5) is 178. The molecule has 3 aromatic carbocycles. The second kappa shape index (κ2) is 49.4. The Morgan fingerprint density at radius 2 is 0.735 bits per heavy atom. The van der Waals surface area contributed by atoms with E-state index >= 15 is 0 Å². The molecule has 10 aliphatic rings. The van der Waals surface area contributed by atoms with Crippen LogP contribution in [0.4, 0.5) is 14.4 Å². The predicted octanol–water partition coefficient (Wildman–Crippen LogP) is 15.1. The van der Waals surface area contributed by atoms with E-state index in [-0.39, 0.29) is 156 Å². The predicted molar refractivity (Wildman–Crippen MR) is 530 cm³/mol. The fourth-order valence-corrected chi connectivity index (χ4v) is 21.6. The van der Waals surface area contributed by atoms with Gasteiger partial charge in [0, 0.05) is 112 Å². The van der Waals surface area contributed by atoms with Gasteiger partial charge < -0.3 is 87.7 Å². The van der Waals surface area contributed by atoms with Gasteiger partial charge in [0.25, 0.3) is 0 Å². The molecule has 19 rings (SSSR count). The minimum Gasteiger partial charge on any atom is -0.540 e. The second-order valence-corrected chi connectivity index (χ2v) is 43.5. The summed E-state index contributed by atoms with van der Waals surface area (Å²) in [6.07, 6.45) is 37.0. The van der Waals surface area contributed by atoms with E-state index in [1.807, 2.05) is 138 Å². The van der Waals surface area contributed by atoms with Gasteiger partial charge in [-0.3, -0.25) is 44.3 Å². The molecule has 6 aromatic heterocycles. The summed E-state index contributed by atoms with van der Waals surface area (Å²) < 4.78 is 55.4. The number of aryl methyl sites for hydroxylation is 3. The number of hydrogen-bond acceptors (Lipinski definition) is 30. The van der Waals surface area contributed by atoms with Gasteiger partial charge >= 0.3 is 18.3 Å². The van der Waals surface area contributed by atoms with Gasteiger partial charge in [-0.25, -0.2) is 63.1 Å². The Hall–Kier alpha value is -11.3. The van der Waals surface area contributed by atoms with Crippen molar-refractivity contribution in [2.24, 2.45) is 63.6 Å². The summed E-state index contributed by atoms with van der Waals surface area (Å²) in [6, 6.07) is 11.4. The van der Waals surface area contributed by atoms with Crippen LogP contribution >= 0.6 is 0 Å². The van der Waals surface area contributed by atoms with Crippen molar-refractivity contribution >= 4 is 88.0 Å². The van der Waals surface area contributed by atoms with E-state index in [9.17, 15) is 43.2 Å². The number of benzene rings is 3. The first-order valence-electron chi connectivity index (χ1n) is 51.3. The molecule has 2 unspecified atom stereocenters. The Labute approximate surface area is 895 Å². The number of nitrogens with zero attached hydrogens (tertiary/aromatic N) is 15. The molecule has 147 heavy (non-hydrogen) atoms. The first-order chi connectivity index (χ1) is 69.3. The van der Waals surface area contributed by atoms with Gasteiger partial charge in [0.1, 0.15) is 109 Å². The van der Waals surface area contributed by atoms with Gasteiger partial charge in [-0.05, 0) is 196 Å². The van der Waals surface area contributed by atoms with Crippen molar-refractivity contribution in [1.82, 2.24) is 90.5 Å². The van der Waals surface area contributed by atoms with Crippen molar-refractivity contribution < 1.29 is 143 Å². The maximum atomic E-state index is 14.3. The molecule has 6 amide bonds. The van der Waals surface area contributed by atoms with Gasteiger partial charge in [0.15, 0.2) is 0 Å². The smallest absolute Gasteiger partial charge is 0.408 e. The molecule has 4 saturated carbocycles. The minimum atomic E-state index is -0.915. The van der Waals surface area contributed by atoms with E-state index in [0.717, 1.165) is 137 Å². The molecule has 7 fully saturated rings. The van der Waals surface area contributed by atoms with Crippen LogP contribution < -0.4 is 44.4 Å².